The molecule has 0 saturated heterocycles. The molecule has 4 bridgehead atoms. The molecule has 0 radical (unpaired) electrons. The lowest BCUT2D eigenvalue weighted by Crippen LogP contribution is -2.53. The molecule has 0 spiro atoms. The van der Waals surface area contributed by atoms with Crippen LogP contribution in [0.25, 0.3) is 0 Å². The molecule has 4 aliphatic rings. The zero-order valence-corrected chi connectivity index (χ0v) is 11.4. The molecule has 0 unspecified atom stereocenters. The summed E-state index contributed by atoms with van der Waals surface area (Å²) in [5.41, 5.74) is 0.0728. The van der Waals surface area contributed by atoms with Crippen LogP contribution in [0, 0.1) is 17.8 Å². The van der Waals surface area contributed by atoms with Crippen LogP contribution in [-0.4, -0.2) is 21.7 Å². The maximum atomic E-state index is 11.3. The molecule has 0 aliphatic heterocycles. The number of aromatic carboxylic acids is 1. The summed E-state index contributed by atoms with van der Waals surface area (Å²) in [7, 11) is 0. The smallest absolute Gasteiger partial charge is 0.341 e. The number of carbonyl (C=O) groups is 1. The van der Waals surface area contributed by atoms with Gasteiger partial charge in [-0.25, -0.2) is 4.79 Å². The minimum atomic E-state index is -0.960. The van der Waals surface area contributed by atoms with Gasteiger partial charge in [0.05, 0.1) is 0 Å². The average Bonchev–Trinajstić information content (AvgIpc) is 2.36. The Morgan fingerprint density at radius 1 is 1.20 bits per heavy atom. The summed E-state index contributed by atoms with van der Waals surface area (Å²) < 4.78 is 6.29. The topological polar surface area (TPSA) is 59.4 Å². The monoisotopic (exact) mass is 273 g/mol. The molecule has 4 fully saturated rings. The van der Waals surface area contributed by atoms with E-state index in [1.54, 1.807) is 12.3 Å². The molecule has 1 N–H and O–H groups in total. The molecule has 4 nitrogen and oxygen atoms in total. The number of hydrogen-bond donors (Lipinski definition) is 1. The number of nitrogens with zero attached hydrogens (tertiary/aromatic N) is 1. The summed E-state index contributed by atoms with van der Waals surface area (Å²) in [6.07, 6.45) is 10.3. The highest BCUT2D eigenvalue weighted by molar-refractivity contribution is 5.90. The highest BCUT2D eigenvalue weighted by atomic mass is 16.5. The van der Waals surface area contributed by atoms with Gasteiger partial charge in [0.2, 0.25) is 0 Å². The van der Waals surface area contributed by atoms with Crippen LogP contribution in [0.1, 0.15) is 48.9 Å². The standard InChI is InChI=1S/C16H19NO3/c18-15(19)13-9-17-2-1-14(13)20-16-6-10-3-11(7-16)5-12(4-10)8-16/h1-2,9-12H,3-8H2,(H,18,19). The Bertz CT molecular complexity index is 519. The van der Waals surface area contributed by atoms with Gasteiger partial charge >= 0.3 is 5.97 Å². The van der Waals surface area contributed by atoms with Gasteiger partial charge in [-0.1, -0.05) is 0 Å². The normalized spacial score (nSPS) is 37.9. The minimum absolute atomic E-state index is 0.111. The summed E-state index contributed by atoms with van der Waals surface area (Å²) >= 11 is 0. The molecular weight excluding hydrogens is 254 g/mol. The van der Waals surface area contributed by atoms with Crippen molar-refractivity contribution >= 4 is 5.97 Å². The number of ether oxygens (including phenoxy) is 1. The van der Waals surface area contributed by atoms with E-state index in [1.807, 2.05) is 0 Å². The lowest BCUT2D eigenvalue weighted by molar-refractivity contribution is -0.107. The summed E-state index contributed by atoms with van der Waals surface area (Å²) in [5, 5.41) is 9.26. The largest absolute Gasteiger partial charge is 0.486 e. The van der Waals surface area contributed by atoms with Crippen LogP contribution in [0.15, 0.2) is 18.5 Å². The van der Waals surface area contributed by atoms with Crippen LogP contribution in [-0.2, 0) is 0 Å². The quantitative estimate of drug-likeness (QED) is 0.919. The van der Waals surface area contributed by atoms with Crippen molar-refractivity contribution in [3.63, 3.8) is 0 Å². The SMILES string of the molecule is O=C(O)c1cnccc1OC12CC3CC(CC(C3)C1)C2. The van der Waals surface area contributed by atoms with Crippen LogP contribution in [0.3, 0.4) is 0 Å². The Morgan fingerprint density at radius 3 is 2.35 bits per heavy atom. The summed E-state index contributed by atoms with van der Waals surface area (Å²) in [5.74, 6) is 1.90. The molecule has 0 atom stereocenters. The fraction of sp³-hybridized carbons (Fsp3) is 0.625. The first kappa shape index (κ1) is 12.2. The second-order valence-electron chi connectivity index (χ2n) is 6.88. The van der Waals surface area contributed by atoms with Gasteiger partial charge < -0.3 is 9.84 Å². The van der Waals surface area contributed by atoms with Gasteiger partial charge in [-0.15, -0.1) is 0 Å². The minimum Gasteiger partial charge on any atom is -0.486 e. The van der Waals surface area contributed by atoms with E-state index in [1.165, 1.54) is 25.5 Å². The van der Waals surface area contributed by atoms with E-state index in [-0.39, 0.29) is 11.2 Å². The molecule has 0 aromatic carbocycles. The molecule has 20 heavy (non-hydrogen) atoms. The second-order valence-corrected chi connectivity index (χ2v) is 6.88. The highest BCUT2D eigenvalue weighted by Crippen LogP contribution is 2.57. The molecular formula is C16H19NO3. The van der Waals surface area contributed by atoms with Crippen LogP contribution in [0.2, 0.25) is 0 Å². The fourth-order valence-corrected chi connectivity index (χ4v) is 5.02. The molecule has 5 rings (SSSR count). The van der Waals surface area contributed by atoms with E-state index in [4.69, 9.17) is 4.74 Å². The van der Waals surface area contributed by atoms with Crippen molar-refractivity contribution in [2.24, 2.45) is 17.8 Å². The van der Waals surface area contributed by atoms with Gasteiger partial charge in [0, 0.05) is 12.4 Å². The van der Waals surface area contributed by atoms with E-state index in [2.05, 4.69) is 4.98 Å². The Balaban J connectivity index is 1.64. The van der Waals surface area contributed by atoms with Crippen molar-refractivity contribution in [3.8, 4) is 5.75 Å². The predicted molar refractivity (Wildman–Crippen MR) is 72.7 cm³/mol. The van der Waals surface area contributed by atoms with Gasteiger partial charge in [-0.3, -0.25) is 4.98 Å². The Kier molecular flexibility index (Phi) is 2.56. The molecule has 1 heterocycles. The Labute approximate surface area is 118 Å². The average molecular weight is 273 g/mol. The number of carboxylic acids is 1. The van der Waals surface area contributed by atoms with Crippen molar-refractivity contribution in [2.75, 3.05) is 0 Å². The molecule has 0 amide bonds. The fourth-order valence-electron chi connectivity index (χ4n) is 5.02. The van der Waals surface area contributed by atoms with E-state index in [0.29, 0.717) is 5.75 Å². The number of pyridine rings is 1. The first-order valence-corrected chi connectivity index (χ1v) is 7.50. The van der Waals surface area contributed by atoms with Gasteiger partial charge in [-0.05, 0) is 62.3 Å². The third kappa shape index (κ3) is 1.89. The third-order valence-electron chi connectivity index (χ3n) is 5.32. The van der Waals surface area contributed by atoms with Crippen molar-refractivity contribution in [1.82, 2.24) is 4.98 Å². The molecule has 4 aliphatic carbocycles. The van der Waals surface area contributed by atoms with Crippen LogP contribution >= 0.6 is 0 Å². The van der Waals surface area contributed by atoms with E-state index >= 15 is 0 Å². The zero-order valence-electron chi connectivity index (χ0n) is 11.4. The first-order valence-electron chi connectivity index (χ1n) is 7.50. The molecule has 1 aromatic heterocycles. The van der Waals surface area contributed by atoms with Crippen LogP contribution in [0.5, 0.6) is 5.75 Å². The molecule has 4 saturated carbocycles. The third-order valence-corrected chi connectivity index (χ3v) is 5.32. The van der Waals surface area contributed by atoms with E-state index in [0.717, 1.165) is 37.0 Å². The van der Waals surface area contributed by atoms with Gasteiger partial charge in [0.1, 0.15) is 16.9 Å². The molecule has 4 heteroatoms. The van der Waals surface area contributed by atoms with Crippen LogP contribution in [0.4, 0.5) is 0 Å². The predicted octanol–water partition coefficient (Wildman–Crippen LogP) is 3.13. The summed E-state index contributed by atoms with van der Waals surface area (Å²) in [6, 6.07) is 1.70. The summed E-state index contributed by atoms with van der Waals surface area (Å²) in [4.78, 5) is 15.2. The first-order chi connectivity index (χ1) is 9.63. The van der Waals surface area contributed by atoms with Gasteiger partial charge in [0.25, 0.3) is 0 Å². The van der Waals surface area contributed by atoms with Crippen molar-refractivity contribution in [1.29, 1.82) is 0 Å². The van der Waals surface area contributed by atoms with Gasteiger partial charge in [-0.2, -0.15) is 0 Å². The lowest BCUT2D eigenvalue weighted by atomic mass is 9.54. The van der Waals surface area contributed by atoms with Crippen molar-refractivity contribution < 1.29 is 14.6 Å². The van der Waals surface area contributed by atoms with E-state index < -0.39 is 5.97 Å². The second kappa shape index (κ2) is 4.21. The molecule has 1 aromatic rings. The van der Waals surface area contributed by atoms with Crippen molar-refractivity contribution in [2.45, 2.75) is 44.1 Å². The summed E-state index contributed by atoms with van der Waals surface area (Å²) in [6.45, 7) is 0. The van der Waals surface area contributed by atoms with Crippen LogP contribution < -0.4 is 4.74 Å². The number of rotatable bonds is 3. The zero-order chi connectivity index (χ0) is 13.7. The number of aromatic nitrogens is 1. The number of carboxylic acid groups (broad SMARTS) is 1. The van der Waals surface area contributed by atoms with Crippen molar-refractivity contribution in [3.05, 3.63) is 24.0 Å². The maximum Gasteiger partial charge on any atom is 0.341 e. The Hall–Kier alpha value is -1.58. The Morgan fingerprint density at radius 2 is 1.80 bits per heavy atom. The van der Waals surface area contributed by atoms with E-state index in [9.17, 15) is 9.90 Å². The highest BCUT2D eigenvalue weighted by Gasteiger charge is 2.52. The maximum absolute atomic E-state index is 11.3. The van der Waals surface area contributed by atoms with Gasteiger partial charge in [0.15, 0.2) is 0 Å². The lowest BCUT2D eigenvalue weighted by Gasteiger charge is -2.56. The number of hydrogen-bond acceptors (Lipinski definition) is 3. The molecule has 106 valence electrons.